The summed E-state index contributed by atoms with van der Waals surface area (Å²) in [5.74, 6) is 0.533. The van der Waals surface area contributed by atoms with E-state index >= 15 is 0 Å². The van der Waals surface area contributed by atoms with Crippen LogP contribution in [0.5, 0.6) is 11.5 Å². The van der Waals surface area contributed by atoms with E-state index in [2.05, 4.69) is 108 Å². The van der Waals surface area contributed by atoms with E-state index < -0.39 is 5.54 Å². The Kier molecular flexibility index (Phi) is 7.61. The zero-order valence-electron chi connectivity index (χ0n) is 27.1. The summed E-state index contributed by atoms with van der Waals surface area (Å²) in [6, 6.07) is 36.9. The first-order valence-corrected chi connectivity index (χ1v) is 15.8. The van der Waals surface area contributed by atoms with Gasteiger partial charge in [-0.25, -0.2) is 0 Å². The first kappa shape index (κ1) is 30.3. The van der Waals surface area contributed by atoms with Crippen LogP contribution >= 0.6 is 0 Å². The molecule has 1 unspecified atom stereocenters. The minimum absolute atomic E-state index is 0.112. The number of rotatable bonds is 5. The van der Waals surface area contributed by atoms with Gasteiger partial charge in [0.15, 0.2) is 0 Å². The summed E-state index contributed by atoms with van der Waals surface area (Å²) < 4.78 is 0. The number of anilines is 1. The van der Waals surface area contributed by atoms with Gasteiger partial charge in [-0.15, -0.1) is 0 Å². The number of phenols is 2. The Hall–Kier alpha value is -4.76. The maximum absolute atomic E-state index is 12.0. The second-order valence-electron chi connectivity index (χ2n) is 14.3. The van der Waals surface area contributed by atoms with Crippen LogP contribution in [0.15, 0.2) is 115 Å². The second-order valence-corrected chi connectivity index (χ2v) is 14.3. The van der Waals surface area contributed by atoms with Crippen LogP contribution in [-0.2, 0) is 22.8 Å². The molecule has 0 aromatic heterocycles. The molecule has 5 aromatic rings. The molecule has 1 aliphatic rings. The summed E-state index contributed by atoms with van der Waals surface area (Å²) in [4.78, 5) is 0. The van der Waals surface area contributed by atoms with Gasteiger partial charge in [-0.2, -0.15) is 0 Å². The van der Waals surface area contributed by atoms with Crippen LogP contribution in [0.25, 0.3) is 28.3 Å². The molecule has 3 nitrogen and oxygen atoms in total. The van der Waals surface area contributed by atoms with Gasteiger partial charge in [0.25, 0.3) is 0 Å². The molecular weight excluding hydrogens is 550 g/mol. The smallest absolute Gasteiger partial charge is 0.129 e. The van der Waals surface area contributed by atoms with Crippen molar-refractivity contribution in [3.63, 3.8) is 0 Å². The van der Waals surface area contributed by atoms with Crippen LogP contribution in [0, 0.1) is 0 Å². The second kappa shape index (κ2) is 11.3. The Morgan fingerprint density at radius 3 is 1.98 bits per heavy atom. The molecule has 45 heavy (non-hydrogen) atoms. The molecule has 5 aromatic carbocycles. The molecule has 0 amide bonds. The number of nitrogens with one attached hydrogen (secondary N) is 1. The Morgan fingerprint density at radius 2 is 1.31 bits per heavy atom. The highest BCUT2D eigenvalue weighted by atomic mass is 16.3. The molecule has 0 spiro atoms. The van der Waals surface area contributed by atoms with Crippen LogP contribution in [-0.4, -0.2) is 10.2 Å². The molecule has 1 heterocycles. The molecular formula is C42H43NO2. The molecule has 0 radical (unpaired) electrons. The Morgan fingerprint density at radius 1 is 0.667 bits per heavy atom. The summed E-state index contributed by atoms with van der Waals surface area (Å²) in [5.41, 5.74) is 8.56. The van der Waals surface area contributed by atoms with Crippen LogP contribution in [0.3, 0.4) is 0 Å². The Balaban J connectivity index is 1.58. The number of hydrogen-bond acceptors (Lipinski definition) is 3. The Labute approximate surface area is 267 Å². The molecule has 0 bridgehead atoms. The molecule has 0 fully saturated rings. The fourth-order valence-corrected chi connectivity index (χ4v) is 6.52. The summed E-state index contributed by atoms with van der Waals surface area (Å²) in [7, 11) is 0. The number of hydrogen-bond donors (Lipinski definition) is 3. The van der Waals surface area contributed by atoms with Crippen molar-refractivity contribution < 1.29 is 10.2 Å². The molecule has 0 aliphatic carbocycles. The first-order valence-electron chi connectivity index (χ1n) is 15.8. The number of benzene rings is 5. The molecule has 3 heteroatoms. The number of fused-ring (bicyclic) bond motifs is 1. The van der Waals surface area contributed by atoms with Gasteiger partial charge in [0.05, 0.1) is 11.2 Å². The summed E-state index contributed by atoms with van der Waals surface area (Å²) in [6.07, 6.45) is 4.96. The maximum atomic E-state index is 12.0. The van der Waals surface area contributed by atoms with Crippen molar-refractivity contribution in [1.29, 1.82) is 0 Å². The van der Waals surface area contributed by atoms with E-state index in [1.165, 1.54) is 0 Å². The third kappa shape index (κ3) is 5.76. The molecule has 228 valence electrons. The zero-order chi connectivity index (χ0) is 32.0. The van der Waals surface area contributed by atoms with Gasteiger partial charge in [0.1, 0.15) is 11.5 Å². The third-order valence-corrected chi connectivity index (χ3v) is 8.98. The fraction of sp³-hybridized carbons (Fsp3) is 0.238. The van der Waals surface area contributed by atoms with Crippen LogP contribution in [0.1, 0.15) is 69.4 Å². The largest absolute Gasteiger partial charge is 0.507 e. The topological polar surface area (TPSA) is 52.5 Å². The highest BCUT2D eigenvalue weighted by molar-refractivity contribution is 5.92. The van der Waals surface area contributed by atoms with Crippen molar-refractivity contribution in [1.82, 2.24) is 0 Å². The summed E-state index contributed by atoms with van der Waals surface area (Å²) in [6.45, 7) is 13.1. The standard InChI is InChI=1S/C42H43NO2/c1-40(2,3)31-25-35(41(4,5)6)37(36(44)26-31)33-21-13-19-30-23-24-42(43-38(30)33,27-28-15-9-7-10-16-28)34-22-14-20-32(39(34)45)29-17-11-8-12-18-29/h7-26,43-45H,27H2,1-6H3. The quantitative estimate of drug-likeness (QED) is 0.190. The van der Waals surface area contributed by atoms with Crippen molar-refractivity contribution >= 4 is 11.8 Å². The molecule has 0 saturated heterocycles. The zero-order valence-corrected chi connectivity index (χ0v) is 27.1. The van der Waals surface area contributed by atoms with Gasteiger partial charge in [0.2, 0.25) is 0 Å². The fourth-order valence-electron chi connectivity index (χ4n) is 6.52. The van der Waals surface area contributed by atoms with Crippen LogP contribution in [0.4, 0.5) is 5.69 Å². The van der Waals surface area contributed by atoms with Gasteiger partial charge in [-0.3, -0.25) is 0 Å². The third-order valence-electron chi connectivity index (χ3n) is 8.98. The molecule has 3 N–H and O–H groups in total. The van der Waals surface area contributed by atoms with Crippen molar-refractivity contribution in [3.05, 3.63) is 143 Å². The maximum Gasteiger partial charge on any atom is 0.129 e. The van der Waals surface area contributed by atoms with Gasteiger partial charge in [-0.1, -0.05) is 157 Å². The molecule has 1 aliphatic heterocycles. The lowest BCUT2D eigenvalue weighted by atomic mass is 9.75. The van der Waals surface area contributed by atoms with E-state index in [4.69, 9.17) is 0 Å². The van der Waals surface area contributed by atoms with Crippen molar-refractivity contribution in [2.24, 2.45) is 0 Å². The lowest BCUT2D eigenvalue weighted by Crippen LogP contribution is -2.38. The number of para-hydroxylation sites is 2. The highest BCUT2D eigenvalue weighted by Gasteiger charge is 2.37. The summed E-state index contributed by atoms with van der Waals surface area (Å²) in [5, 5.41) is 27.7. The molecule has 6 rings (SSSR count). The Bertz CT molecular complexity index is 1870. The van der Waals surface area contributed by atoms with Gasteiger partial charge in [0, 0.05) is 28.7 Å². The first-order chi connectivity index (χ1) is 21.4. The molecule has 1 atom stereocenters. The van der Waals surface area contributed by atoms with Crippen LogP contribution in [0.2, 0.25) is 0 Å². The van der Waals surface area contributed by atoms with E-state index in [1.807, 2.05) is 60.7 Å². The van der Waals surface area contributed by atoms with Crippen molar-refractivity contribution in [2.45, 2.75) is 64.3 Å². The summed E-state index contributed by atoms with van der Waals surface area (Å²) >= 11 is 0. The van der Waals surface area contributed by atoms with Crippen molar-refractivity contribution in [2.75, 3.05) is 5.32 Å². The van der Waals surface area contributed by atoms with Gasteiger partial charge in [-0.05, 0) is 44.7 Å². The SMILES string of the molecule is CC(C)(C)c1cc(O)c(-c2cccc3c2NC(Cc2ccccc2)(c2cccc(-c4ccccc4)c2O)C=C3)c(C(C)(C)C)c1. The normalized spacial score (nSPS) is 16.2. The van der Waals surface area contributed by atoms with E-state index in [9.17, 15) is 10.2 Å². The van der Waals surface area contributed by atoms with E-state index in [0.29, 0.717) is 6.42 Å². The van der Waals surface area contributed by atoms with Crippen LogP contribution < -0.4 is 5.32 Å². The van der Waals surface area contributed by atoms with E-state index in [-0.39, 0.29) is 22.3 Å². The minimum Gasteiger partial charge on any atom is -0.507 e. The molecule has 0 saturated carbocycles. The van der Waals surface area contributed by atoms with E-state index in [1.54, 1.807) is 0 Å². The van der Waals surface area contributed by atoms with Gasteiger partial charge < -0.3 is 15.5 Å². The highest BCUT2D eigenvalue weighted by Crippen LogP contribution is 2.50. The number of aromatic hydroxyl groups is 2. The minimum atomic E-state index is -0.762. The van der Waals surface area contributed by atoms with Crippen molar-refractivity contribution in [3.8, 4) is 33.8 Å². The predicted octanol–water partition coefficient (Wildman–Crippen LogP) is 10.6. The van der Waals surface area contributed by atoms with E-state index in [0.717, 1.165) is 55.8 Å². The average Bonchev–Trinajstić information content (AvgIpc) is 3.00. The monoisotopic (exact) mass is 593 g/mol. The average molecular weight is 594 g/mol. The lowest BCUT2D eigenvalue weighted by Gasteiger charge is -2.39. The predicted molar refractivity (Wildman–Crippen MR) is 189 cm³/mol. The lowest BCUT2D eigenvalue weighted by molar-refractivity contribution is 0.452. The van der Waals surface area contributed by atoms with Gasteiger partial charge >= 0.3 is 0 Å². The number of phenolic OH excluding ortho intramolecular Hbond substituents is 2.